The van der Waals surface area contributed by atoms with E-state index in [1.54, 1.807) is 0 Å². The fourth-order valence-corrected chi connectivity index (χ4v) is 2.53. The SMILES string of the molecule is CC(C)NCC1CCCN(CC(=O)NC(C)C(C)C)C1. The summed E-state index contributed by atoms with van der Waals surface area (Å²) in [6.07, 6.45) is 2.48. The molecule has 0 aromatic carbocycles. The van der Waals surface area contributed by atoms with Crippen molar-refractivity contribution in [3.05, 3.63) is 0 Å². The van der Waals surface area contributed by atoms with Crippen LogP contribution in [0, 0.1) is 11.8 Å². The van der Waals surface area contributed by atoms with Gasteiger partial charge in [0.15, 0.2) is 0 Å². The second-order valence-corrected chi connectivity index (χ2v) is 6.91. The average molecular weight is 283 g/mol. The Kier molecular flexibility index (Phi) is 7.52. The molecule has 2 N–H and O–H groups in total. The first-order chi connectivity index (χ1) is 9.38. The highest BCUT2D eigenvalue weighted by molar-refractivity contribution is 5.78. The van der Waals surface area contributed by atoms with Crippen LogP contribution in [-0.2, 0) is 4.79 Å². The van der Waals surface area contributed by atoms with E-state index in [9.17, 15) is 4.79 Å². The van der Waals surface area contributed by atoms with E-state index in [0.717, 1.165) is 19.6 Å². The summed E-state index contributed by atoms with van der Waals surface area (Å²) >= 11 is 0. The van der Waals surface area contributed by atoms with Crippen LogP contribution in [0.1, 0.15) is 47.5 Å². The molecule has 0 aromatic heterocycles. The Balaban J connectivity index is 2.30. The van der Waals surface area contributed by atoms with Crippen LogP contribution in [0.2, 0.25) is 0 Å². The topological polar surface area (TPSA) is 44.4 Å². The summed E-state index contributed by atoms with van der Waals surface area (Å²) in [5.41, 5.74) is 0. The Morgan fingerprint density at radius 2 is 1.95 bits per heavy atom. The van der Waals surface area contributed by atoms with Crippen molar-refractivity contribution in [1.82, 2.24) is 15.5 Å². The van der Waals surface area contributed by atoms with Gasteiger partial charge >= 0.3 is 0 Å². The third-order valence-corrected chi connectivity index (χ3v) is 4.17. The third-order valence-electron chi connectivity index (χ3n) is 4.17. The lowest BCUT2D eigenvalue weighted by Gasteiger charge is -2.33. The lowest BCUT2D eigenvalue weighted by molar-refractivity contribution is -0.123. The summed E-state index contributed by atoms with van der Waals surface area (Å²) in [7, 11) is 0. The Morgan fingerprint density at radius 1 is 1.25 bits per heavy atom. The van der Waals surface area contributed by atoms with E-state index in [4.69, 9.17) is 0 Å². The molecule has 1 aliphatic heterocycles. The number of hydrogen-bond donors (Lipinski definition) is 2. The Labute approximate surface area is 124 Å². The number of piperidine rings is 1. The molecule has 1 amide bonds. The maximum Gasteiger partial charge on any atom is 0.234 e. The van der Waals surface area contributed by atoms with Gasteiger partial charge in [-0.15, -0.1) is 0 Å². The molecule has 1 heterocycles. The van der Waals surface area contributed by atoms with Crippen molar-refractivity contribution in [1.29, 1.82) is 0 Å². The average Bonchev–Trinajstić information content (AvgIpc) is 2.36. The van der Waals surface area contributed by atoms with Crippen LogP contribution < -0.4 is 10.6 Å². The largest absolute Gasteiger partial charge is 0.352 e. The first kappa shape index (κ1) is 17.4. The van der Waals surface area contributed by atoms with Crippen LogP contribution in [0.15, 0.2) is 0 Å². The van der Waals surface area contributed by atoms with Gasteiger partial charge in [-0.25, -0.2) is 0 Å². The van der Waals surface area contributed by atoms with Gasteiger partial charge in [0, 0.05) is 18.6 Å². The number of hydrogen-bond acceptors (Lipinski definition) is 3. The van der Waals surface area contributed by atoms with Crippen molar-refractivity contribution in [2.75, 3.05) is 26.2 Å². The second-order valence-electron chi connectivity index (χ2n) is 6.91. The molecule has 20 heavy (non-hydrogen) atoms. The monoisotopic (exact) mass is 283 g/mol. The summed E-state index contributed by atoms with van der Waals surface area (Å²) < 4.78 is 0. The molecule has 0 spiro atoms. The predicted octanol–water partition coefficient (Wildman–Crippen LogP) is 1.86. The molecule has 0 radical (unpaired) electrons. The molecule has 4 nitrogen and oxygen atoms in total. The van der Waals surface area contributed by atoms with Crippen molar-refractivity contribution in [3.8, 4) is 0 Å². The Bertz CT molecular complexity index is 291. The minimum absolute atomic E-state index is 0.170. The van der Waals surface area contributed by atoms with Gasteiger partial charge in [-0.2, -0.15) is 0 Å². The smallest absolute Gasteiger partial charge is 0.234 e. The molecular weight excluding hydrogens is 250 g/mol. The van der Waals surface area contributed by atoms with Crippen molar-refractivity contribution >= 4 is 5.91 Å². The molecule has 118 valence electrons. The molecule has 0 bridgehead atoms. The lowest BCUT2D eigenvalue weighted by Crippen LogP contribution is -2.47. The normalized spacial score (nSPS) is 22.2. The number of nitrogens with zero attached hydrogens (tertiary/aromatic N) is 1. The zero-order chi connectivity index (χ0) is 15.1. The van der Waals surface area contributed by atoms with Gasteiger partial charge in [-0.3, -0.25) is 9.69 Å². The van der Waals surface area contributed by atoms with Crippen LogP contribution in [0.5, 0.6) is 0 Å². The molecular formula is C16H33N3O. The summed E-state index contributed by atoms with van der Waals surface area (Å²) in [5, 5.41) is 6.60. The van der Waals surface area contributed by atoms with Crippen molar-refractivity contribution in [3.63, 3.8) is 0 Å². The van der Waals surface area contributed by atoms with Crippen molar-refractivity contribution < 1.29 is 4.79 Å². The fraction of sp³-hybridized carbons (Fsp3) is 0.938. The van der Waals surface area contributed by atoms with E-state index in [-0.39, 0.29) is 11.9 Å². The minimum Gasteiger partial charge on any atom is -0.352 e. The summed E-state index contributed by atoms with van der Waals surface area (Å²) in [4.78, 5) is 14.3. The molecule has 1 fully saturated rings. The molecule has 4 heteroatoms. The quantitative estimate of drug-likeness (QED) is 0.749. The van der Waals surface area contributed by atoms with E-state index < -0.39 is 0 Å². The maximum absolute atomic E-state index is 12.0. The summed E-state index contributed by atoms with van der Waals surface area (Å²) in [6.45, 7) is 14.4. The molecule has 1 rings (SSSR count). The third kappa shape index (κ3) is 6.71. The van der Waals surface area contributed by atoms with Crippen LogP contribution in [-0.4, -0.2) is 49.1 Å². The number of amides is 1. The fourth-order valence-electron chi connectivity index (χ4n) is 2.53. The maximum atomic E-state index is 12.0. The van der Waals surface area contributed by atoms with E-state index in [1.165, 1.54) is 12.8 Å². The van der Waals surface area contributed by atoms with Crippen molar-refractivity contribution in [2.24, 2.45) is 11.8 Å². The highest BCUT2D eigenvalue weighted by Gasteiger charge is 2.22. The molecule has 2 atom stereocenters. The van der Waals surface area contributed by atoms with Crippen molar-refractivity contribution in [2.45, 2.75) is 59.5 Å². The Morgan fingerprint density at radius 3 is 2.55 bits per heavy atom. The molecule has 0 aliphatic carbocycles. The van der Waals surface area contributed by atoms with Crippen LogP contribution in [0.3, 0.4) is 0 Å². The van der Waals surface area contributed by atoms with Gasteiger partial charge in [-0.1, -0.05) is 27.7 Å². The van der Waals surface area contributed by atoms with Gasteiger partial charge in [0.2, 0.25) is 5.91 Å². The number of carbonyl (C=O) groups is 1. The van der Waals surface area contributed by atoms with E-state index >= 15 is 0 Å². The first-order valence-electron chi connectivity index (χ1n) is 8.13. The standard InChI is InChI=1S/C16H33N3O/c1-12(2)14(5)18-16(20)11-19-8-6-7-15(10-19)9-17-13(3)4/h12-15,17H,6-11H2,1-5H3,(H,18,20). The number of carbonyl (C=O) groups excluding carboxylic acids is 1. The van der Waals surface area contributed by atoms with Gasteiger partial charge in [-0.05, 0) is 44.7 Å². The summed E-state index contributed by atoms with van der Waals surface area (Å²) in [6, 6.07) is 0.797. The highest BCUT2D eigenvalue weighted by Crippen LogP contribution is 2.15. The highest BCUT2D eigenvalue weighted by atomic mass is 16.2. The van der Waals surface area contributed by atoms with Gasteiger partial charge < -0.3 is 10.6 Å². The van der Waals surface area contributed by atoms with Gasteiger partial charge in [0.05, 0.1) is 6.54 Å². The molecule has 0 saturated carbocycles. The first-order valence-corrected chi connectivity index (χ1v) is 8.13. The molecule has 1 saturated heterocycles. The second kappa shape index (κ2) is 8.63. The van der Waals surface area contributed by atoms with E-state index in [2.05, 4.69) is 50.2 Å². The zero-order valence-electron chi connectivity index (χ0n) is 13.9. The van der Waals surface area contributed by atoms with Crippen LogP contribution in [0.4, 0.5) is 0 Å². The molecule has 1 aliphatic rings. The summed E-state index contributed by atoms with van der Waals surface area (Å²) in [5.74, 6) is 1.34. The molecule has 0 aromatic rings. The number of nitrogens with one attached hydrogen (secondary N) is 2. The lowest BCUT2D eigenvalue weighted by atomic mass is 9.97. The minimum atomic E-state index is 0.170. The van der Waals surface area contributed by atoms with Crippen LogP contribution in [0.25, 0.3) is 0 Å². The van der Waals surface area contributed by atoms with Gasteiger partial charge in [0.25, 0.3) is 0 Å². The van der Waals surface area contributed by atoms with E-state index in [0.29, 0.717) is 24.4 Å². The van der Waals surface area contributed by atoms with Crippen LogP contribution >= 0.6 is 0 Å². The predicted molar refractivity (Wildman–Crippen MR) is 84.7 cm³/mol. The zero-order valence-corrected chi connectivity index (χ0v) is 13.9. The molecule has 2 unspecified atom stereocenters. The number of rotatable bonds is 7. The number of likely N-dealkylation sites (tertiary alicyclic amines) is 1. The Hall–Kier alpha value is -0.610. The van der Waals surface area contributed by atoms with Gasteiger partial charge in [0.1, 0.15) is 0 Å². The van der Waals surface area contributed by atoms with E-state index in [1.807, 2.05) is 0 Å².